The predicted molar refractivity (Wildman–Crippen MR) is 87.8 cm³/mol. The fourth-order valence-electron chi connectivity index (χ4n) is 2.28. The van der Waals surface area contributed by atoms with E-state index in [-0.39, 0.29) is 24.4 Å². The molecule has 0 saturated carbocycles. The van der Waals surface area contributed by atoms with Gasteiger partial charge in [-0.2, -0.15) is 0 Å². The molecule has 23 heavy (non-hydrogen) atoms. The molecule has 2 rings (SSSR count). The van der Waals surface area contributed by atoms with Crippen LogP contribution in [0.4, 0.5) is 0 Å². The van der Waals surface area contributed by atoms with E-state index >= 15 is 0 Å². The summed E-state index contributed by atoms with van der Waals surface area (Å²) >= 11 is 0. The van der Waals surface area contributed by atoms with E-state index in [1.165, 1.54) is 0 Å². The highest BCUT2D eigenvalue weighted by Gasteiger charge is 2.22. The monoisotopic (exact) mass is 346 g/mol. The molecule has 0 aliphatic carbocycles. The average Bonchev–Trinajstić information content (AvgIpc) is 2.59. The summed E-state index contributed by atoms with van der Waals surface area (Å²) in [6, 6.07) is 3.18. The van der Waals surface area contributed by atoms with Crippen molar-refractivity contribution in [2.45, 2.75) is 12.6 Å². The summed E-state index contributed by atoms with van der Waals surface area (Å²) in [5.41, 5.74) is 0.760. The summed E-state index contributed by atoms with van der Waals surface area (Å²) in [5, 5.41) is 5.98. The van der Waals surface area contributed by atoms with Gasteiger partial charge in [0.25, 0.3) is 0 Å². The first-order valence-electron chi connectivity index (χ1n) is 7.07. The maximum atomic E-state index is 12.1. The summed E-state index contributed by atoms with van der Waals surface area (Å²) in [6.07, 6.45) is 0. The van der Waals surface area contributed by atoms with Gasteiger partial charge in [0.2, 0.25) is 5.91 Å². The zero-order chi connectivity index (χ0) is 15.9. The van der Waals surface area contributed by atoms with Crippen LogP contribution in [0.3, 0.4) is 0 Å². The van der Waals surface area contributed by atoms with E-state index in [0.29, 0.717) is 43.6 Å². The molecule has 1 heterocycles. The van der Waals surface area contributed by atoms with E-state index in [9.17, 15) is 4.79 Å². The first-order valence-corrected chi connectivity index (χ1v) is 7.07. The van der Waals surface area contributed by atoms with Gasteiger partial charge in [0.15, 0.2) is 0 Å². The molecular weight excluding hydrogens is 324 g/mol. The largest absolute Gasteiger partial charge is 0.496 e. The molecule has 1 fully saturated rings. The number of rotatable bonds is 6. The molecule has 0 bridgehead atoms. The van der Waals surface area contributed by atoms with E-state index in [1.807, 2.05) is 0 Å². The maximum Gasteiger partial charge on any atom is 0.239 e. The third kappa shape index (κ3) is 4.89. The molecule has 1 aromatic carbocycles. The summed E-state index contributed by atoms with van der Waals surface area (Å²) in [5.74, 6) is 1.72. The Balaban J connectivity index is 0.00000264. The smallest absolute Gasteiger partial charge is 0.239 e. The molecule has 1 saturated heterocycles. The molecule has 0 radical (unpaired) electrons. The van der Waals surface area contributed by atoms with Crippen molar-refractivity contribution in [1.82, 2.24) is 10.6 Å². The fraction of sp³-hybridized carbons (Fsp3) is 0.533. The van der Waals surface area contributed by atoms with Crippen LogP contribution in [-0.2, 0) is 16.1 Å². The molecule has 1 aliphatic rings. The third-order valence-corrected chi connectivity index (χ3v) is 3.49. The van der Waals surface area contributed by atoms with Crippen molar-refractivity contribution < 1.29 is 23.7 Å². The van der Waals surface area contributed by atoms with Gasteiger partial charge >= 0.3 is 0 Å². The summed E-state index contributed by atoms with van der Waals surface area (Å²) in [4.78, 5) is 12.1. The van der Waals surface area contributed by atoms with Crippen molar-refractivity contribution in [3.05, 3.63) is 17.7 Å². The maximum absolute atomic E-state index is 12.1. The minimum atomic E-state index is -0.330. The van der Waals surface area contributed by atoms with E-state index in [2.05, 4.69) is 10.6 Å². The fourth-order valence-corrected chi connectivity index (χ4v) is 2.28. The molecule has 1 aromatic rings. The van der Waals surface area contributed by atoms with Gasteiger partial charge in [-0.05, 0) is 0 Å². The van der Waals surface area contributed by atoms with Gasteiger partial charge in [-0.3, -0.25) is 4.79 Å². The number of methoxy groups -OCH3 is 3. The van der Waals surface area contributed by atoms with Crippen LogP contribution < -0.4 is 24.8 Å². The summed E-state index contributed by atoms with van der Waals surface area (Å²) < 4.78 is 21.2. The first kappa shape index (κ1) is 19.3. The Bertz CT molecular complexity index is 496. The lowest BCUT2D eigenvalue weighted by molar-refractivity contribution is -0.126. The Morgan fingerprint density at radius 2 is 1.91 bits per heavy atom. The third-order valence-electron chi connectivity index (χ3n) is 3.49. The van der Waals surface area contributed by atoms with Crippen LogP contribution in [0.5, 0.6) is 17.2 Å². The number of benzene rings is 1. The number of carbonyl (C=O) groups is 1. The molecule has 8 heteroatoms. The topological polar surface area (TPSA) is 78.1 Å². The van der Waals surface area contributed by atoms with Crippen LogP contribution in [0, 0.1) is 0 Å². The zero-order valence-electron chi connectivity index (χ0n) is 13.5. The van der Waals surface area contributed by atoms with Crippen LogP contribution in [0.2, 0.25) is 0 Å². The SMILES string of the molecule is COc1cc(OC)c(CNC(=O)C2COCCN2)c(OC)c1.Cl. The highest BCUT2D eigenvalue weighted by atomic mass is 35.5. The molecule has 1 aliphatic heterocycles. The van der Waals surface area contributed by atoms with Crippen LogP contribution in [0.1, 0.15) is 5.56 Å². The molecule has 1 amide bonds. The minimum absolute atomic E-state index is 0. The number of amides is 1. The van der Waals surface area contributed by atoms with Crippen LogP contribution in [0.15, 0.2) is 12.1 Å². The second-order valence-corrected chi connectivity index (χ2v) is 4.81. The van der Waals surface area contributed by atoms with Crippen molar-refractivity contribution >= 4 is 18.3 Å². The van der Waals surface area contributed by atoms with Gasteiger partial charge in [0.1, 0.15) is 23.3 Å². The second kappa shape index (κ2) is 9.44. The van der Waals surface area contributed by atoms with Crippen LogP contribution in [-0.4, -0.2) is 53.0 Å². The Morgan fingerprint density at radius 3 is 2.39 bits per heavy atom. The van der Waals surface area contributed by atoms with Gasteiger partial charge < -0.3 is 29.6 Å². The minimum Gasteiger partial charge on any atom is -0.496 e. The number of morpholine rings is 1. The molecule has 1 unspecified atom stereocenters. The Kier molecular flexibility index (Phi) is 7.94. The Morgan fingerprint density at radius 1 is 1.26 bits per heavy atom. The molecule has 130 valence electrons. The summed E-state index contributed by atoms with van der Waals surface area (Å²) in [7, 11) is 4.70. The molecule has 2 N–H and O–H groups in total. The van der Waals surface area contributed by atoms with Crippen molar-refractivity contribution in [3.63, 3.8) is 0 Å². The number of nitrogens with one attached hydrogen (secondary N) is 2. The van der Waals surface area contributed by atoms with Gasteiger partial charge in [-0.25, -0.2) is 0 Å². The number of halogens is 1. The molecular formula is C15H23ClN2O5. The number of hydrogen-bond donors (Lipinski definition) is 2. The number of hydrogen-bond acceptors (Lipinski definition) is 6. The molecule has 1 atom stereocenters. The van der Waals surface area contributed by atoms with Gasteiger partial charge in [-0.1, -0.05) is 0 Å². The highest BCUT2D eigenvalue weighted by Crippen LogP contribution is 2.33. The highest BCUT2D eigenvalue weighted by molar-refractivity contribution is 5.85. The number of carbonyl (C=O) groups excluding carboxylic acids is 1. The lowest BCUT2D eigenvalue weighted by atomic mass is 10.1. The van der Waals surface area contributed by atoms with Gasteiger partial charge in [-0.15, -0.1) is 12.4 Å². The zero-order valence-corrected chi connectivity index (χ0v) is 14.3. The number of ether oxygens (including phenoxy) is 4. The lowest BCUT2D eigenvalue weighted by Crippen LogP contribution is -2.51. The Hall–Kier alpha value is -1.70. The van der Waals surface area contributed by atoms with Crippen LogP contribution >= 0.6 is 12.4 Å². The van der Waals surface area contributed by atoms with Crippen molar-refractivity contribution in [2.75, 3.05) is 41.1 Å². The second-order valence-electron chi connectivity index (χ2n) is 4.81. The summed E-state index contributed by atoms with van der Waals surface area (Å²) in [6.45, 7) is 1.98. The van der Waals surface area contributed by atoms with Crippen LogP contribution in [0.25, 0.3) is 0 Å². The van der Waals surface area contributed by atoms with E-state index in [0.717, 1.165) is 5.56 Å². The first-order chi connectivity index (χ1) is 10.7. The normalized spacial score (nSPS) is 16.9. The lowest BCUT2D eigenvalue weighted by Gasteiger charge is -2.23. The quantitative estimate of drug-likeness (QED) is 0.791. The Labute approximate surface area is 142 Å². The van der Waals surface area contributed by atoms with Crippen molar-refractivity contribution in [1.29, 1.82) is 0 Å². The predicted octanol–water partition coefficient (Wildman–Crippen LogP) is 0.739. The molecule has 7 nitrogen and oxygen atoms in total. The molecule has 0 aromatic heterocycles. The van der Waals surface area contributed by atoms with E-state index in [1.54, 1.807) is 33.5 Å². The van der Waals surface area contributed by atoms with Crippen molar-refractivity contribution in [3.8, 4) is 17.2 Å². The standard InChI is InChI=1S/C15H22N2O5.ClH/c1-19-10-6-13(20-2)11(14(7-10)21-3)8-17-15(18)12-9-22-5-4-16-12;/h6-7,12,16H,4-5,8-9H2,1-3H3,(H,17,18);1H. The van der Waals surface area contributed by atoms with Gasteiger partial charge in [0, 0.05) is 18.7 Å². The average molecular weight is 347 g/mol. The van der Waals surface area contributed by atoms with E-state index in [4.69, 9.17) is 18.9 Å². The van der Waals surface area contributed by atoms with E-state index < -0.39 is 0 Å². The van der Waals surface area contributed by atoms with Gasteiger partial charge in [0.05, 0.1) is 46.7 Å². The molecule has 0 spiro atoms. The van der Waals surface area contributed by atoms with Crippen molar-refractivity contribution in [2.24, 2.45) is 0 Å².